The van der Waals surface area contributed by atoms with Gasteiger partial charge in [-0.25, -0.2) is 0 Å². The third-order valence-electron chi connectivity index (χ3n) is 2.82. The molecule has 0 bridgehead atoms. The van der Waals surface area contributed by atoms with Crippen molar-refractivity contribution in [3.8, 4) is 0 Å². The van der Waals surface area contributed by atoms with Crippen molar-refractivity contribution in [2.75, 3.05) is 0 Å². The van der Waals surface area contributed by atoms with Gasteiger partial charge in [-0.1, -0.05) is 24.3 Å². The Morgan fingerprint density at radius 1 is 1.13 bits per heavy atom. The van der Waals surface area contributed by atoms with Gasteiger partial charge in [-0.05, 0) is 17.5 Å². The van der Waals surface area contributed by atoms with Gasteiger partial charge in [0.2, 0.25) is 0 Å². The molecule has 1 aliphatic carbocycles. The molecule has 4 heteroatoms. The van der Waals surface area contributed by atoms with Gasteiger partial charge in [0.1, 0.15) is 0 Å². The summed E-state index contributed by atoms with van der Waals surface area (Å²) < 4.78 is 0. The Kier molecular flexibility index (Phi) is 2.19. The van der Waals surface area contributed by atoms with E-state index in [2.05, 4.69) is 0 Å². The zero-order valence-corrected chi connectivity index (χ0v) is 7.88. The molecule has 0 spiro atoms. The molecule has 0 aliphatic heterocycles. The SMILES string of the molecule is O=C(O)C1Cc2ccccc2C1C(=O)O. The van der Waals surface area contributed by atoms with Crippen LogP contribution in [0.3, 0.4) is 0 Å². The standard InChI is InChI=1S/C11H10O4/c12-10(13)8-5-6-3-1-2-4-7(6)9(8)11(14)15/h1-4,8-9H,5H2,(H,12,13)(H,14,15). The summed E-state index contributed by atoms with van der Waals surface area (Å²) in [5.74, 6) is -3.84. The van der Waals surface area contributed by atoms with Crippen LogP contribution in [0.25, 0.3) is 0 Å². The van der Waals surface area contributed by atoms with Crippen molar-refractivity contribution in [2.24, 2.45) is 5.92 Å². The number of aliphatic carboxylic acids is 2. The number of carboxylic acids is 2. The van der Waals surface area contributed by atoms with Crippen molar-refractivity contribution in [3.05, 3.63) is 35.4 Å². The highest BCUT2D eigenvalue weighted by atomic mass is 16.4. The molecule has 0 amide bonds. The zero-order chi connectivity index (χ0) is 11.0. The lowest BCUT2D eigenvalue weighted by atomic mass is 9.93. The molecule has 1 aliphatic rings. The summed E-state index contributed by atoms with van der Waals surface area (Å²) >= 11 is 0. The number of carboxylic acid groups (broad SMARTS) is 2. The minimum atomic E-state index is -1.06. The second-order valence-electron chi connectivity index (χ2n) is 3.66. The molecule has 0 saturated heterocycles. The molecule has 0 aromatic heterocycles. The monoisotopic (exact) mass is 206 g/mol. The Balaban J connectivity index is 2.46. The fraction of sp³-hybridized carbons (Fsp3) is 0.273. The molecule has 2 N–H and O–H groups in total. The van der Waals surface area contributed by atoms with Gasteiger partial charge >= 0.3 is 11.9 Å². The lowest BCUT2D eigenvalue weighted by molar-refractivity contribution is -0.149. The maximum absolute atomic E-state index is 11.0. The van der Waals surface area contributed by atoms with Gasteiger partial charge in [-0.3, -0.25) is 9.59 Å². The van der Waals surface area contributed by atoms with E-state index < -0.39 is 23.8 Å². The summed E-state index contributed by atoms with van der Waals surface area (Å²) in [6, 6.07) is 7.01. The first kappa shape index (κ1) is 9.71. The van der Waals surface area contributed by atoms with Crippen molar-refractivity contribution in [1.82, 2.24) is 0 Å². The lowest BCUT2D eigenvalue weighted by Crippen LogP contribution is -2.24. The lowest BCUT2D eigenvalue weighted by Gasteiger charge is -2.11. The molecule has 78 valence electrons. The van der Waals surface area contributed by atoms with E-state index in [1.165, 1.54) is 0 Å². The maximum atomic E-state index is 11.0. The number of rotatable bonds is 2. The van der Waals surface area contributed by atoms with Crippen LogP contribution in [0.4, 0.5) is 0 Å². The fourth-order valence-corrected chi connectivity index (χ4v) is 2.13. The molecule has 15 heavy (non-hydrogen) atoms. The molecule has 0 saturated carbocycles. The summed E-state index contributed by atoms with van der Waals surface area (Å²) in [6.45, 7) is 0. The maximum Gasteiger partial charge on any atom is 0.311 e. The van der Waals surface area contributed by atoms with Crippen LogP contribution in [0.15, 0.2) is 24.3 Å². The molecule has 0 fully saturated rings. The van der Waals surface area contributed by atoms with Crippen molar-refractivity contribution in [2.45, 2.75) is 12.3 Å². The minimum Gasteiger partial charge on any atom is -0.481 e. The molecule has 2 atom stereocenters. The highest BCUT2D eigenvalue weighted by molar-refractivity contribution is 5.86. The summed E-state index contributed by atoms with van der Waals surface area (Å²) in [7, 11) is 0. The van der Waals surface area contributed by atoms with E-state index in [1.54, 1.807) is 24.3 Å². The third kappa shape index (κ3) is 1.48. The number of hydrogen-bond donors (Lipinski definition) is 2. The first-order valence-electron chi connectivity index (χ1n) is 4.64. The average Bonchev–Trinajstić information content (AvgIpc) is 2.56. The van der Waals surface area contributed by atoms with Gasteiger partial charge in [0.15, 0.2) is 0 Å². The molecule has 1 aromatic carbocycles. The summed E-state index contributed by atoms with van der Waals surface area (Å²) in [4.78, 5) is 21.9. The highest BCUT2D eigenvalue weighted by Gasteiger charge is 2.41. The van der Waals surface area contributed by atoms with Crippen LogP contribution < -0.4 is 0 Å². The normalized spacial score (nSPS) is 23.5. The first-order chi connectivity index (χ1) is 7.11. The predicted molar refractivity (Wildman–Crippen MR) is 51.6 cm³/mol. The molecule has 0 radical (unpaired) electrons. The smallest absolute Gasteiger partial charge is 0.311 e. The number of fused-ring (bicyclic) bond motifs is 1. The molecule has 2 unspecified atom stereocenters. The van der Waals surface area contributed by atoms with Gasteiger partial charge < -0.3 is 10.2 Å². The Morgan fingerprint density at radius 3 is 2.40 bits per heavy atom. The molecule has 1 aromatic rings. The highest BCUT2D eigenvalue weighted by Crippen LogP contribution is 2.38. The minimum absolute atomic E-state index is 0.308. The Labute approximate surface area is 86.2 Å². The van der Waals surface area contributed by atoms with E-state index in [-0.39, 0.29) is 0 Å². The number of hydrogen-bond acceptors (Lipinski definition) is 2. The molecular formula is C11H10O4. The van der Waals surface area contributed by atoms with Crippen molar-refractivity contribution in [3.63, 3.8) is 0 Å². The van der Waals surface area contributed by atoms with Crippen molar-refractivity contribution < 1.29 is 19.8 Å². The van der Waals surface area contributed by atoms with E-state index in [0.29, 0.717) is 12.0 Å². The number of carbonyl (C=O) groups is 2. The van der Waals surface area contributed by atoms with E-state index in [4.69, 9.17) is 10.2 Å². The molecule has 4 nitrogen and oxygen atoms in total. The first-order valence-corrected chi connectivity index (χ1v) is 4.64. The van der Waals surface area contributed by atoms with Crippen LogP contribution in [0.2, 0.25) is 0 Å². The van der Waals surface area contributed by atoms with Crippen LogP contribution in [-0.4, -0.2) is 22.2 Å². The van der Waals surface area contributed by atoms with Crippen LogP contribution in [0.5, 0.6) is 0 Å². The number of benzene rings is 1. The Bertz CT molecular complexity index is 424. The molecule has 2 rings (SSSR count). The van der Waals surface area contributed by atoms with Gasteiger partial charge in [0.05, 0.1) is 11.8 Å². The van der Waals surface area contributed by atoms with Crippen LogP contribution in [0.1, 0.15) is 17.0 Å². The largest absolute Gasteiger partial charge is 0.481 e. The quantitative estimate of drug-likeness (QED) is 0.760. The zero-order valence-electron chi connectivity index (χ0n) is 7.88. The summed E-state index contributed by atoms with van der Waals surface area (Å²) in [5, 5.41) is 18.0. The van der Waals surface area contributed by atoms with E-state index in [0.717, 1.165) is 5.56 Å². The van der Waals surface area contributed by atoms with E-state index in [1.807, 2.05) is 0 Å². The molecule has 0 heterocycles. The second kappa shape index (κ2) is 3.38. The van der Waals surface area contributed by atoms with Crippen LogP contribution in [-0.2, 0) is 16.0 Å². The van der Waals surface area contributed by atoms with Crippen LogP contribution in [0, 0.1) is 5.92 Å². The summed E-state index contributed by atoms with van der Waals surface area (Å²) in [5.41, 5.74) is 1.47. The molecular weight excluding hydrogens is 196 g/mol. The van der Waals surface area contributed by atoms with Gasteiger partial charge in [-0.2, -0.15) is 0 Å². The third-order valence-corrected chi connectivity index (χ3v) is 2.82. The Morgan fingerprint density at radius 2 is 1.80 bits per heavy atom. The van der Waals surface area contributed by atoms with Crippen molar-refractivity contribution >= 4 is 11.9 Å². The Hall–Kier alpha value is -1.84. The summed E-state index contributed by atoms with van der Waals surface area (Å²) in [6.07, 6.45) is 0.308. The van der Waals surface area contributed by atoms with Crippen LogP contribution >= 0.6 is 0 Å². The topological polar surface area (TPSA) is 74.6 Å². The van der Waals surface area contributed by atoms with Gasteiger partial charge in [0, 0.05) is 0 Å². The van der Waals surface area contributed by atoms with Crippen molar-refractivity contribution in [1.29, 1.82) is 0 Å². The van der Waals surface area contributed by atoms with Gasteiger partial charge in [-0.15, -0.1) is 0 Å². The van der Waals surface area contributed by atoms with E-state index in [9.17, 15) is 9.59 Å². The van der Waals surface area contributed by atoms with Gasteiger partial charge in [0.25, 0.3) is 0 Å². The predicted octanol–water partition coefficient (Wildman–Crippen LogP) is 1.11. The average molecular weight is 206 g/mol. The fourth-order valence-electron chi connectivity index (χ4n) is 2.13. The second-order valence-corrected chi connectivity index (χ2v) is 3.66. The van der Waals surface area contributed by atoms with E-state index >= 15 is 0 Å².